The summed E-state index contributed by atoms with van der Waals surface area (Å²) in [6.45, 7) is 8.17. The summed E-state index contributed by atoms with van der Waals surface area (Å²) in [6, 6.07) is 10.5. The average molecular weight is 571 g/mol. The number of nitrogens with zero attached hydrogens (tertiary/aromatic N) is 9. The van der Waals surface area contributed by atoms with Gasteiger partial charge in [-0.3, -0.25) is 9.78 Å². The van der Waals surface area contributed by atoms with Crippen LogP contribution in [0.15, 0.2) is 41.4 Å². The van der Waals surface area contributed by atoms with Gasteiger partial charge in [-0.2, -0.15) is 4.80 Å². The summed E-state index contributed by atoms with van der Waals surface area (Å²) in [5, 5.41) is 15.5. The Morgan fingerprint density at radius 2 is 2.02 bits per heavy atom. The first-order chi connectivity index (χ1) is 20.3. The fourth-order valence-electron chi connectivity index (χ4n) is 5.09. The molecule has 0 aliphatic carbocycles. The Morgan fingerprint density at radius 3 is 2.71 bits per heavy atom. The second-order valence-corrected chi connectivity index (χ2v) is 9.73. The van der Waals surface area contributed by atoms with E-state index in [2.05, 4.69) is 40.5 Å². The van der Waals surface area contributed by atoms with Crippen molar-refractivity contribution in [1.29, 1.82) is 0 Å². The van der Waals surface area contributed by atoms with Gasteiger partial charge in [0.2, 0.25) is 11.7 Å². The number of pyridine rings is 2. The lowest BCUT2D eigenvalue weighted by atomic mass is 10.1. The molecule has 2 aliphatic rings. The van der Waals surface area contributed by atoms with Crippen LogP contribution in [0.3, 0.4) is 0 Å². The fraction of sp³-hybridized carbons (Fsp3) is 0.286. The fourth-order valence-corrected chi connectivity index (χ4v) is 5.09. The molecule has 5 heterocycles. The predicted octanol–water partition coefficient (Wildman–Crippen LogP) is 4.58. The molecule has 2 aliphatic heterocycles. The number of carbonyl (C=O) groups is 1. The van der Waals surface area contributed by atoms with Gasteiger partial charge in [-0.1, -0.05) is 12.6 Å². The minimum absolute atomic E-state index is 0.0325. The smallest absolute Gasteiger partial charge is 0.293 e. The largest absolute Gasteiger partial charge is 0.494 e. The minimum atomic E-state index is -2.72. The Bertz CT molecular complexity index is 1780. The first kappa shape index (κ1) is 26.9. The Labute approximate surface area is 238 Å². The number of rotatable bonds is 8. The molecule has 0 bridgehead atoms. The number of carbonyl (C=O) groups excluding carboxylic acids is 1. The highest BCUT2D eigenvalue weighted by Crippen LogP contribution is 2.41. The van der Waals surface area contributed by atoms with E-state index in [1.54, 1.807) is 48.3 Å². The molecular formula is C28H24F2N10O2. The molecule has 0 atom stereocenters. The van der Waals surface area contributed by atoms with Gasteiger partial charge in [-0.25, -0.2) is 13.8 Å². The maximum Gasteiger partial charge on any atom is 0.293 e. The molecule has 0 saturated carbocycles. The molecule has 1 aromatic carbocycles. The zero-order valence-electron chi connectivity index (χ0n) is 22.7. The van der Waals surface area contributed by atoms with Crippen LogP contribution >= 0.6 is 0 Å². The third-order valence-corrected chi connectivity index (χ3v) is 6.96. The Balaban J connectivity index is 1.37. The van der Waals surface area contributed by atoms with Crippen molar-refractivity contribution in [1.82, 2.24) is 30.2 Å². The number of aliphatic imine (C=N–C) groups is 1. The van der Waals surface area contributed by atoms with Crippen molar-refractivity contribution in [3.05, 3.63) is 64.9 Å². The van der Waals surface area contributed by atoms with Crippen molar-refractivity contribution in [3.63, 3.8) is 0 Å². The van der Waals surface area contributed by atoms with Crippen molar-refractivity contribution in [3.8, 4) is 17.1 Å². The van der Waals surface area contributed by atoms with Gasteiger partial charge in [0.15, 0.2) is 5.75 Å². The zero-order valence-corrected chi connectivity index (χ0v) is 22.7. The second-order valence-electron chi connectivity index (χ2n) is 9.73. The lowest BCUT2D eigenvalue weighted by Crippen LogP contribution is -2.24. The normalized spacial score (nSPS) is 14.2. The zero-order chi connectivity index (χ0) is 29.4. The molecule has 6 rings (SSSR count). The van der Waals surface area contributed by atoms with Gasteiger partial charge in [-0.15, -0.1) is 15.2 Å². The molecule has 0 radical (unpaired) electrons. The van der Waals surface area contributed by atoms with E-state index in [-0.39, 0.29) is 30.3 Å². The number of halogens is 2. The maximum atomic E-state index is 13.7. The van der Waals surface area contributed by atoms with Crippen LogP contribution in [-0.4, -0.2) is 61.9 Å². The first-order valence-electron chi connectivity index (χ1n) is 13.1. The van der Waals surface area contributed by atoms with E-state index >= 15 is 0 Å². The monoisotopic (exact) mass is 570 g/mol. The molecule has 1 N–H and O–H groups in total. The Morgan fingerprint density at radius 1 is 1.17 bits per heavy atom. The summed E-state index contributed by atoms with van der Waals surface area (Å²) in [5.74, 6) is 0.890. The summed E-state index contributed by atoms with van der Waals surface area (Å²) >= 11 is 0. The van der Waals surface area contributed by atoms with E-state index in [1.165, 1.54) is 11.9 Å². The number of hydrogen-bond acceptors (Lipinski definition) is 9. The van der Waals surface area contributed by atoms with Crippen LogP contribution in [0, 0.1) is 6.57 Å². The third-order valence-electron chi connectivity index (χ3n) is 6.96. The highest BCUT2D eigenvalue weighted by atomic mass is 19.3. The number of para-hydroxylation sites is 1. The van der Waals surface area contributed by atoms with E-state index in [9.17, 15) is 13.6 Å². The molecule has 1 fully saturated rings. The van der Waals surface area contributed by atoms with Crippen LogP contribution in [0.5, 0.6) is 5.75 Å². The number of fused-ring (bicyclic) bond motifs is 1. The number of anilines is 3. The van der Waals surface area contributed by atoms with Crippen LogP contribution in [0.2, 0.25) is 0 Å². The molecule has 0 unspecified atom stereocenters. The number of hydrogen-bond donors (Lipinski definition) is 1. The number of amides is 1. The molecule has 0 spiro atoms. The molecule has 3 aromatic heterocycles. The molecule has 12 nitrogen and oxygen atoms in total. The van der Waals surface area contributed by atoms with E-state index in [4.69, 9.17) is 11.3 Å². The highest BCUT2D eigenvalue weighted by molar-refractivity contribution is 5.99. The summed E-state index contributed by atoms with van der Waals surface area (Å²) in [6.07, 6.45) is -1.41. The number of tetrazole rings is 1. The molecule has 1 amide bonds. The van der Waals surface area contributed by atoms with Crippen molar-refractivity contribution in [2.75, 3.05) is 23.9 Å². The second kappa shape index (κ2) is 10.9. The van der Waals surface area contributed by atoms with Gasteiger partial charge in [0.25, 0.3) is 12.2 Å². The highest BCUT2D eigenvalue weighted by Gasteiger charge is 2.28. The van der Waals surface area contributed by atoms with Crippen LogP contribution < -0.4 is 15.0 Å². The van der Waals surface area contributed by atoms with Crippen LogP contribution in [0.1, 0.15) is 29.9 Å². The predicted molar refractivity (Wildman–Crippen MR) is 150 cm³/mol. The number of methoxy groups -OCH3 is 1. The van der Waals surface area contributed by atoms with Gasteiger partial charge in [0.1, 0.15) is 11.4 Å². The van der Waals surface area contributed by atoms with Crippen molar-refractivity contribution < 1.29 is 18.3 Å². The number of aryl methyl sites for hydroxylation is 1. The quantitative estimate of drug-likeness (QED) is 0.305. The Hall–Kier alpha value is -5.32. The first-order valence-corrected chi connectivity index (χ1v) is 13.1. The summed E-state index contributed by atoms with van der Waals surface area (Å²) < 4.78 is 33.0. The van der Waals surface area contributed by atoms with Gasteiger partial charge in [0, 0.05) is 19.4 Å². The van der Waals surface area contributed by atoms with E-state index < -0.39 is 6.43 Å². The Kier molecular flexibility index (Phi) is 6.99. The molecule has 4 aromatic rings. The lowest BCUT2D eigenvalue weighted by Gasteiger charge is -2.17. The van der Waals surface area contributed by atoms with Gasteiger partial charge in [0.05, 0.1) is 60.3 Å². The van der Waals surface area contributed by atoms with E-state index in [0.29, 0.717) is 69.9 Å². The number of benzene rings is 1. The average Bonchev–Trinajstić information content (AvgIpc) is 3.72. The van der Waals surface area contributed by atoms with E-state index in [1.807, 2.05) is 0 Å². The molecular weight excluding hydrogens is 546 g/mol. The van der Waals surface area contributed by atoms with Crippen LogP contribution in [0.25, 0.3) is 16.2 Å². The molecule has 42 heavy (non-hydrogen) atoms. The maximum absolute atomic E-state index is 13.7. The number of aromatic nitrogens is 6. The minimum Gasteiger partial charge on any atom is -0.494 e. The topological polar surface area (TPSA) is 128 Å². The standard InChI is InChI=1S/C28H24F2N10O2/c1-31-28-22(40-11-5-8-23(40)41)10-9-15(33-28)12-16-13-19(24-20(32-16)14-21(35-24)26(29)30)34-18-7-4-6-17(25(18)42-3)27-36-38-39(2)37-27/h4,6-7,9-10,13,26H,5,8,11-12,14H2,2-3H3,(H,32,34). The van der Waals surface area contributed by atoms with Gasteiger partial charge in [-0.05, 0) is 42.0 Å². The van der Waals surface area contributed by atoms with Gasteiger partial charge >= 0.3 is 0 Å². The third kappa shape index (κ3) is 5.00. The van der Waals surface area contributed by atoms with Crippen molar-refractivity contribution in [2.45, 2.75) is 32.1 Å². The van der Waals surface area contributed by atoms with Gasteiger partial charge < -0.3 is 19.8 Å². The van der Waals surface area contributed by atoms with Crippen molar-refractivity contribution in [2.24, 2.45) is 12.0 Å². The number of alkyl halides is 2. The molecule has 1 saturated heterocycles. The molecule has 212 valence electrons. The van der Waals surface area contributed by atoms with E-state index in [0.717, 1.165) is 6.42 Å². The lowest BCUT2D eigenvalue weighted by molar-refractivity contribution is -0.117. The summed E-state index contributed by atoms with van der Waals surface area (Å²) in [5.41, 5.74) is 3.62. The number of nitrogens with one attached hydrogen (secondary N) is 1. The van der Waals surface area contributed by atoms with Crippen molar-refractivity contribution >= 4 is 40.2 Å². The van der Waals surface area contributed by atoms with Crippen LogP contribution in [-0.2, 0) is 24.7 Å². The summed E-state index contributed by atoms with van der Waals surface area (Å²) in [4.78, 5) is 32.0. The summed E-state index contributed by atoms with van der Waals surface area (Å²) in [7, 11) is 3.16. The SMILES string of the molecule is [C-]#[N+]c1nc(Cc2cc(Nc3cccc(-c4nnn(C)n4)c3OC)c3c(n2)CC(C(F)F)=N3)ccc1N1CCCC1=O. The number of ether oxygens (including phenoxy) is 1. The van der Waals surface area contributed by atoms with Crippen LogP contribution in [0.4, 0.5) is 37.3 Å². The molecule has 14 heteroatoms.